The van der Waals surface area contributed by atoms with Crippen LogP contribution in [0.25, 0.3) is 0 Å². The second kappa shape index (κ2) is 66.6. The zero-order chi connectivity index (χ0) is 55.7. The van der Waals surface area contributed by atoms with Crippen molar-refractivity contribution in [3.05, 3.63) is 36.5 Å². The number of ether oxygens (including phenoxy) is 1. The molecule has 0 aliphatic carbocycles. The van der Waals surface area contributed by atoms with E-state index in [0.717, 1.165) is 44.9 Å². The third kappa shape index (κ3) is 63.1. The molecule has 1 amide bonds. The van der Waals surface area contributed by atoms with Crippen LogP contribution in [0, 0.1) is 0 Å². The van der Waals surface area contributed by atoms with Gasteiger partial charge in [-0.15, -0.1) is 0 Å². The van der Waals surface area contributed by atoms with E-state index in [1.54, 1.807) is 6.08 Å². The summed E-state index contributed by atoms with van der Waals surface area (Å²) in [5.74, 6) is -0.0578. The van der Waals surface area contributed by atoms with Crippen LogP contribution in [0.5, 0.6) is 0 Å². The molecule has 0 spiro atoms. The fraction of sp³-hybridized carbons (Fsp3) is 0.887. The van der Waals surface area contributed by atoms with Gasteiger partial charge in [-0.3, -0.25) is 9.59 Å². The number of carbonyl (C=O) groups excluding carboxylic acids is 2. The lowest BCUT2D eigenvalue weighted by atomic mass is 10.0. The Labute approximate surface area is 481 Å². The van der Waals surface area contributed by atoms with Gasteiger partial charge in [-0.05, 0) is 83.5 Å². The normalized spacial score (nSPS) is 12.7. The van der Waals surface area contributed by atoms with E-state index in [0.29, 0.717) is 19.4 Å². The van der Waals surface area contributed by atoms with Gasteiger partial charge in [0, 0.05) is 12.8 Å². The molecule has 6 nitrogen and oxygen atoms in total. The number of carbonyl (C=O) groups is 2. The van der Waals surface area contributed by atoms with Crippen LogP contribution >= 0.6 is 0 Å². The summed E-state index contributed by atoms with van der Waals surface area (Å²) in [5.41, 5.74) is 0. The number of nitrogens with one attached hydrogen (secondary N) is 1. The van der Waals surface area contributed by atoms with Crippen molar-refractivity contribution < 1.29 is 24.5 Å². The van der Waals surface area contributed by atoms with E-state index in [1.165, 1.54) is 308 Å². The molecule has 0 saturated carbocycles. The molecule has 77 heavy (non-hydrogen) atoms. The first-order valence-electron chi connectivity index (χ1n) is 34.8. The molecule has 454 valence electrons. The number of unbranched alkanes of at least 4 members (excludes halogenated alkanes) is 50. The highest BCUT2D eigenvalue weighted by molar-refractivity contribution is 5.76. The third-order valence-corrected chi connectivity index (χ3v) is 16.1. The lowest BCUT2D eigenvalue weighted by molar-refractivity contribution is -0.143. The third-order valence-electron chi connectivity index (χ3n) is 16.1. The van der Waals surface area contributed by atoms with Crippen LogP contribution in [0.15, 0.2) is 36.5 Å². The molecular formula is C71H135NO5. The molecule has 0 radical (unpaired) electrons. The van der Waals surface area contributed by atoms with Crippen molar-refractivity contribution in [3.63, 3.8) is 0 Å². The topological polar surface area (TPSA) is 95.9 Å². The average Bonchev–Trinajstić information content (AvgIpc) is 3.43. The largest absolute Gasteiger partial charge is 0.466 e. The van der Waals surface area contributed by atoms with Crippen molar-refractivity contribution in [2.45, 2.75) is 392 Å². The Kier molecular flexibility index (Phi) is 64.9. The zero-order valence-corrected chi connectivity index (χ0v) is 52.0. The Morgan fingerprint density at radius 2 is 0.610 bits per heavy atom. The van der Waals surface area contributed by atoms with Crippen LogP contribution in [-0.2, 0) is 14.3 Å². The van der Waals surface area contributed by atoms with Gasteiger partial charge in [0.25, 0.3) is 0 Å². The molecule has 3 N–H and O–H groups in total. The minimum Gasteiger partial charge on any atom is -0.466 e. The van der Waals surface area contributed by atoms with E-state index >= 15 is 0 Å². The Morgan fingerprint density at radius 1 is 0.351 bits per heavy atom. The molecule has 2 atom stereocenters. The highest BCUT2D eigenvalue weighted by atomic mass is 16.5. The molecule has 2 unspecified atom stereocenters. The summed E-state index contributed by atoms with van der Waals surface area (Å²) in [6.45, 7) is 4.91. The van der Waals surface area contributed by atoms with Gasteiger partial charge < -0.3 is 20.3 Å². The smallest absolute Gasteiger partial charge is 0.305 e. The summed E-state index contributed by atoms with van der Waals surface area (Å²) >= 11 is 0. The van der Waals surface area contributed by atoms with E-state index in [2.05, 4.69) is 43.5 Å². The molecule has 0 fully saturated rings. The number of hydrogen-bond donors (Lipinski definition) is 3. The van der Waals surface area contributed by atoms with Crippen molar-refractivity contribution in [2.75, 3.05) is 13.2 Å². The van der Waals surface area contributed by atoms with Crippen LogP contribution in [0.2, 0.25) is 0 Å². The van der Waals surface area contributed by atoms with E-state index in [9.17, 15) is 19.8 Å². The molecule has 0 aliphatic rings. The first kappa shape index (κ1) is 75.1. The van der Waals surface area contributed by atoms with Crippen LogP contribution in [0.1, 0.15) is 380 Å². The summed E-state index contributed by atoms with van der Waals surface area (Å²) in [4.78, 5) is 24.5. The molecule has 0 rings (SSSR count). The van der Waals surface area contributed by atoms with Crippen LogP contribution in [-0.4, -0.2) is 47.4 Å². The average molecular weight is 1080 g/mol. The van der Waals surface area contributed by atoms with E-state index in [1.807, 2.05) is 6.08 Å². The minimum atomic E-state index is -0.845. The quantitative estimate of drug-likeness (QED) is 0.0320. The number of hydrogen-bond acceptors (Lipinski definition) is 5. The maximum atomic E-state index is 12.5. The fourth-order valence-electron chi connectivity index (χ4n) is 10.8. The summed E-state index contributed by atoms with van der Waals surface area (Å²) in [5, 5.41) is 23.2. The van der Waals surface area contributed by atoms with Gasteiger partial charge in [-0.1, -0.05) is 320 Å². The Hall–Kier alpha value is -1.92. The fourth-order valence-corrected chi connectivity index (χ4v) is 10.8. The molecule has 0 aromatic rings. The highest BCUT2D eigenvalue weighted by Gasteiger charge is 2.18. The number of esters is 1. The molecule has 6 heteroatoms. The molecule has 0 bridgehead atoms. The van der Waals surface area contributed by atoms with Crippen molar-refractivity contribution in [1.29, 1.82) is 0 Å². The number of amides is 1. The van der Waals surface area contributed by atoms with E-state index in [-0.39, 0.29) is 18.5 Å². The number of aliphatic hydroxyl groups is 2. The summed E-state index contributed by atoms with van der Waals surface area (Å²) in [6.07, 6.45) is 85.1. The van der Waals surface area contributed by atoms with Gasteiger partial charge >= 0.3 is 5.97 Å². The van der Waals surface area contributed by atoms with E-state index < -0.39 is 12.1 Å². The molecule has 0 heterocycles. The number of allylic oxidation sites excluding steroid dienone is 5. The minimum absolute atomic E-state index is 0.00628. The summed E-state index contributed by atoms with van der Waals surface area (Å²) in [7, 11) is 0. The van der Waals surface area contributed by atoms with Crippen molar-refractivity contribution in [2.24, 2.45) is 0 Å². The number of rotatable bonds is 65. The van der Waals surface area contributed by atoms with Gasteiger partial charge in [0.1, 0.15) is 0 Å². The first-order chi connectivity index (χ1) is 38.0. The molecule has 0 aromatic heterocycles. The van der Waals surface area contributed by atoms with Crippen molar-refractivity contribution in [3.8, 4) is 0 Å². The Balaban J connectivity index is 3.40. The molecule has 0 saturated heterocycles. The van der Waals surface area contributed by atoms with Crippen LogP contribution in [0.4, 0.5) is 0 Å². The Morgan fingerprint density at radius 3 is 0.948 bits per heavy atom. The number of aliphatic hydroxyl groups excluding tert-OH is 2. The van der Waals surface area contributed by atoms with Gasteiger partial charge in [0.15, 0.2) is 0 Å². The maximum Gasteiger partial charge on any atom is 0.305 e. The predicted molar refractivity (Wildman–Crippen MR) is 338 cm³/mol. The van der Waals surface area contributed by atoms with Crippen molar-refractivity contribution >= 4 is 11.9 Å². The lowest BCUT2D eigenvalue weighted by Crippen LogP contribution is -2.45. The molecule has 0 aromatic carbocycles. The Bertz CT molecular complexity index is 1250. The zero-order valence-electron chi connectivity index (χ0n) is 52.0. The van der Waals surface area contributed by atoms with Gasteiger partial charge in [-0.25, -0.2) is 0 Å². The SMILES string of the molecule is CCCCC/C=C\CCCCCCCC(=O)OCCCCCCCCCCCCCC/C=C\CCCCCCCCCCCCCCCC(=O)NC(CO)C(O)/C=C/CCCCCCCCCCCCCCCCCCC. The van der Waals surface area contributed by atoms with Crippen LogP contribution in [0.3, 0.4) is 0 Å². The predicted octanol–water partition coefficient (Wildman–Crippen LogP) is 22.3. The summed E-state index contributed by atoms with van der Waals surface area (Å²) < 4.78 is 5.47. The second-order valence-corrected chi connectivity index (χ2v) is 23.9. The van der Waals surface area contributed by atoms with Gasteiger partial charge in [-0.2, -0.15) is 0 Å². The van der Waals surface area contributed by atoms with Gasteiger partial charge in [0.2, 0.25) is 5.91 Å². The maximum absolute atomic E-state index is 12.5. The first-order valence-corrected chi connectivity index (χ1v) is 34.8. The lowest BCUT2D eigenvalue weighted by Gasteiger charge is -2.20. The van der Waals surface area contributed by atoms with E-state index in [4.69, 9.17) is 4.74 Å². The standard InChI is InChI=1S/C71H135NO5/c1-3-5-7-9-11-13-15-17-18-19-31-34-37-40-43-47-51-55-59-63-69(74)68(67-73)72-70(75)64-60-56-52-48-44-41-38-35-32-29-27-25-23-21-20-22-24-26-28-30-33-36-39-42-46-50-54-58-62-66-77-71(76)65-61-57-53-49-45-16-14-12-10-8-6-4-2/h12,14,20,22,59,63,68-69,73-74H,3-11,13,15-19,21,23-58,60-62,64-67H2,1-2H3,(H,72,75)/b14-12-,22-20-,63-59+. The summed E-state index contributed by atoms with van der Waals surface area (Å²) in [6, 6.07) is -0.628. The van der Waals surface area contributed by atoms with Crippen molar-refractivity contribution in [1.82, 2.24) is 5.32 Å². The monoisotopic (exact) mass is 1080 g/mol. The van der Waals surface area contributed by atoms with Gasteiger partial charge in [0.05, 0.1) is 25.4 Å². The second-order valence-electron chi connectivity index (χ2n) is 23.9. The molecule has 0 aliphatic heterocycles. The van der Waals surface area contributed by atoms with Crippen LogP contribution < -0.4 is 5.32 Å². The highest BCUT2D eigenvalue weighted by Crippen LogP contribution is 2.18. The molecular weight excluding hydrogens is 947 g/mol.